The standard InChI is InChI=1S/C26H18N2O4S/c1-15-10-11-33-24(15)14-27-28-25(31)18-4-2-3-5-19(18)26(28)20-8-6-16(29)12-22(20)32-23-13-17(30)7-9-21(23)26/h2-14,29-30H,1H3. The van der Waals surface area contributed by atoms with E-state index in [0.29, 0.717) is 28.2 Å². The van der Waals surface area contributed by atoms with Gasteiger partial charge in [0.2, 0.25) is 0 Å². The molecule has 1 amide bonds. The maximum atomic E-state index is 13.7. The van der Waals surface area contributed by atoms with Crippen LogP contribution in [0.2, 0.25) is 0 Å². The lowest BCUT2D eigenvalue weighted by molar-refractivity contribution is 0.0675. The lowest BCUT2D eigenvalue weighted by Gasteiger charge is -2.41. The molecule has 3 heterocycles. The van der Waals surface area contributed by atoms with E-state index in [1.807, 2.05) is 36.6 Å². The summed E-state index contributed by atoms with van der Waals surface area (Å²) >= 11 is 1.55. The molecule has 0 saturated heterocycles. The number of phenolic OH excluding ortho intramolecular Hbond substituents is 2. The lowest BCUT2D eigenvalue weighted by atomic mass is 9.75. The van der Waals surface area contributed by atoms with Crippen molar-refractivity contribution in [3.8, 4) is 23.0 Å². The first-order chi connectivity index (χ1) is 16.0. The van der Waals surface area contributed by atoms with E-state index in [1.54, 1.807) is 47.9 Å². The van der Waals surface area contributed by atoms with Gasteiger partial charge in [-0.15, -0.1) is 11.3 Å². The summed E-state index contributed by atoms with van der Waals surface area (Å²) in [5, 5.41) is 28.5. The zero-order chi connectivity index (χ0) is 22.7. The average molecular weight is 455 g/mol. The van der Waals surface area contributed by atoms with E-state index in [4.69, 9.17) is 9.84 Å². The first-order valence-corrected chi connectivity index (χ1v) is 11.2. The van der Waals surface area contributed by atoms with Crippen LogP contribution in [0.5, 0.6) is 23.0 Å². The van der Waals surface area contributed by atoms with Crippen LogP contribution in [0, 0.1) is 6.92 Å². The van der Waals surface area contributed by atoms with Crippen molar-refractivity contribution in [3.63, 3.8) is 0 Å². The van der Waals surface area contributed by atoms with Gasteiger partial charge >= 0.3 is 0 Å². The van der Waals surface area contributed by atoms with Crippen molar-refractivity contribution >= 4 is 23.5 Å². The number of ether oxygens (including phenoxy) is 1. The molecule has 0 aliphatic carbocycles. The summed E-state index contributed by atoms with van der Waals surface area (Å²) in [4.78, 5) is 14.7. The SMILES string of the molecule is Cc1ccsc1C=NN1C(=O)c2ccccc2C12c1ccc(O)cc1Oc1cc(O)ccc12. The van der Waals surface area contributed by atoms with E-state index in [1.165, 1.54) is 17.1 Å². The number of hydrogen-bond acceptors (Lipinski definition) is 6. The molecule has 2 aliphatic heterocycles. The summed E-state index contributed by atoms with van der Waals surface area (Å²) in [6.45, 7) is 2.00. The van der Waals surface area contributed by atoms with Gasteiger partial charge in [-0.3, -0.25) is 4.79 Å². The van der Waals surface area contributed by atoms with Gasteiger partial charge in [-0.05, 0) is 54.3 Å². The van der Waals surface area contributed by atoms with E-state index >= 15 is 0 Å². The Labute approximate surface area is 193 Å². The Morgan fingerprint density at radius 2 is 1.61 bits per heavy atom. The highest BCUT2D eigenvalue weighted by Gasteiger charge is 2.57. The number of rotatable bonds is 2. The number of fused-ring (bicyclic) bond motifs is 6. The number of carbonyl (C=O) groups is 1. The number of aryl methyl sites for hydroxylation is 1. The molecule has 1 aromatic heterocycles. The van der Waals surface area contributed by atoms with Gasteiger partial charge in [0.15, 0.2) is 0 Å². The van der Waals surface area contributed by atoms with Gasteiger partial charge in [0, 0.05) is 39.3 Å². The molecular formula is C26H18N2O4S. The van der Waals surface area contributed by atoms with E-state index in [2.05, 4.69) is 0 Å². The largest absolute Gasteiger partial charge is 0.508 e. The number of phenols is 2. The van der Waals surface area contributed by atoms with Crippen LogP contribution in [-0.4, -0.2) is 27.3 Å². The summed E-state index contributed by atoms with van der Waals surface area (Å²) in [7, 11) is 0. The van der Waals surface area contributed by atoms with Crippen LogP contribution in [0.25, 0.3) is 0 Å². The predicted molar refractivity (Wildman–Crippen MR) is 125 cm³/mol. The number of carbonyl (C=O) groups excluding carboxylic acids is 1. The quantitative estimate of drug-likeness (QED) is 0.400. The Bertz CT molecular complexity index is 1420. The molecule has 4 aromatic rings. The molecule has 0 fully saturated rings. The van der Waals surface area contributed by atoms with Crippen LogP contribution in [-0.2, 0) is 5.54 Å². The van der Waals surface area contributed by atoms with Crippen molar-refractivity contribution in [1.82, 2.24) is 5.01 Å². The fraction of sp³-hybridized carbons (Fsp3) is 0.0769. The van der Waals surface area contributed by atoms with Crippen molar-refractivity contribution in [2.75, 3.05) is 0 Å². The molecule has 6 rings (SSSR count). The van der Waals surface area contributed by atoms with Crippen LogP contribution in [0.1, 0.15) is 37.5 Å². The molecule has 0 bridgehead atoms. The number of thiophene rings is 1. The van der Waals surface area contributed by atoms with Crippen LogP contribution in [0.15, 0.2) is 77.2 Å². The molecule has 6 nitrogen and oxygen atoms in total. The highest BCUT2D eigenvalue weighted by Crippen LogP contribution is 2.58. The molecule has 33 heavy (non-hydrogen) atoms. The second kappa shape index (κ2) is 6.95. The van der Waals surface area contributed by atoms with Gasteiger partial charge in [-0.25, -0.2) is 5.01 Å². The van der Waals surface area contributed by atoms with Gasteiger partial charge < -0.3 is 14.9 Å². The number of benzene rings is 3. The fourth-order valence-electron chi connectivity index (χ4n) is 4.70. The number of nitrogens with zero attached hydrogens (tertiary/aromatic N) is 2. The molecule has 2 N–H and O–H groups in total. The molecule has 162 valence electrons. The monoisotopic (exact) mass is 454 g/mol. The topological polar surface area (TPSA) is 82.4 Å². The van der Waals surface area contributed by atoms with Crippen molar-refractivity contribution in [3.05, 3.63) is 105 Å². The normalized spacial score (nSPS) is 15.4. The summed E-state index contributed by atoms with van der Waals surface area (Å²) < 4.78 is 6.09. The minimum Gasteiger partial charge on any atom is -0.508 e. The number of aromatic hydroxyl groups is 2. The van der Waals surface area contributed by atoms with Gasteiger partial charge in [-0.1, -0.05) is 18.2 Å². The molecular weight excluding hydrogens is 436 g/mol. The van der Waals surface area contributed by atoms with Gasteiger partial charge in [0.25, 0.3) is 5.91 Å². The van der Waals surface area contributed by atoms with Gasteiger partial charge in [0.05, 0.1) is 6.21 Å². The molecule has 3 aromatic carbocycles. The van der Waals surface area contributed by atoms with Crippen LogP contribution in [0.3, 0.4) is 0 Å². The zero-order valence-corrected chi connectivity index (χ0v) is 18.3. The summed E-state index contributed by atoms with van der Waals surface area (Å²) in [5.74, 6) is 0.620. The summed E-state index contributed by atoms with van der Waals surface area (Å²) in [6.07, 6.45) is 1.71. The number of hydrazone groups is 1. The lowest BCUT2D eigenvalue weighted by Crippen LogP contribution is -2.44. The van der Waals surface area contributed by atoms with Crippen LogP contribution >= 0.6 is 11.3 Å². The minimum absolute atomic E-state index is 0.0365. The van der Waals surface area contributed by atoms with Crippen molar-refractivity contribution in [2.24, 2.45) is 5.10 Å². The molecule has 1 spiro atoms. The maximum absolute atomic E-state index is 13.7. The molecule has 0 radical (unpaired) electrons. The van der Waals surface area contributed by atoms with E-state index in [-0.39, 0.29) is 17.4 Å². The second-order valence-corrected chi connectivity index (χ2v) is 9.00. The third-order valence-corrected chi connectivity index (χ3v) is 7.13. The maximum Gasteiger partial charge on any atom is 0.275 e. The highest BCUT2D eigenvalue weighted by molar-refractivity contribution is 7.11. The van der Waals surface area contributed by atoms with Gasteiger partial charge in [-0.2, -0.15) is 5.10 Å². The first kappa shape index (κ1) is 19.6. The fourth-order valence-corrected chi connectivity index (χ4v) is 5.48. The minimum atomic E-state index is -1.13. The van der Waals surface area contributed by atoms with Crippen molar-refractivity contribution in [1.29, 1.82) is 0 Å². The van der Waals surface area contributed by atoms with Crippen LogP contribution < -0.4 is 4.74 Å². The first-order valence-electron chi connectivity index (χ1n) is 10.4. The second-order valence-electron chi connectivity index (χ2n) is 8.05. The van der Waals surface area contributed by atoms with E-state index in [0.717, 1.165) is 16.0 Å². The third kappa shape index (κ3) is 2.66. The molecule has 2 aliphatic rings. The third-order valence-electron chi connectivity index (χ3n) is 6.18. The summed E-state index contributed by atoms with van der Waals surface area (Å²) in [5.41, 5.74) is 2.60. The molecule has 0 atom stereocenters. The van der Waals surface area contributed by atoms with Crippen molar-refractivity contribution < 1.29 is 19.7 Å². The summed E-state index contributed by atoms with van der Waals surface area (Å²) in [6, 6.07) is 19.1. The smallest absolute Gasteiger partial charge is 0.275 e. The Hall–Kier alpha value is -4.10. The van der Waals surface area contributed by atoms with E-state index in [9.17, 15) is 15.0 Å². The molecule has 0 unspecified atom stereocenters. The molecule has 7 heteroatoms. The van der Waals surface area contributed by atoms with Crippen LogP contribution in [0.4, 0.5) is 0 Å². The Morgan fingerprint density at radius 3 is 2.24 bits per heavy atom. The predicted octanol–water partition coefficient (Wildman–Crippen LogP) is 5.36. The van der Waals surface area contributed by atoms with Gasteiger partial charge in [0.1, 0.15) is 28.5 Å². The van der Waals surface area contributed by atoms with Crippen molar-refractivity contribution in [2.45, 2.75) is 12.5 Å². The number of hydrogen-bond donors (Lipinski definition) is 2. The average Bonchev–Trinajstić information content (AvgIpc) is 3.32. The Morgan fingerprint density at radius 1 is 0.939 bits per heavy atom. The zero-order valence-electron chi connectivity index (χ0n) is 17.5. The van der Waals surface area contributed by atoms with E-state index < -0.39 is 5.54 Å². The number of amides is 1. The highest BCUT2D eigenvalue weighted by atomic mass is 32.1. The Balaban J connectivity index is 1.70. The molecule has 0 saturated carbocycles. The Kier molecular flexibility index (Phi) is 4.12.